The first-order valence-corrected chi connectivity index (χ1v) is 5.59. The Balaban J connectivity index is 2.13. The maximum absolute atomic E-state index is 4.31. The van der Waals surface area contributed by atoms with E-state index in [0.717, 1.165) is 6.54 Å². The van der Waals surface area contributed by atoms with Gasteiger partial charge in [-0.15, -0.1) is 0 Å². The number of piperidine rings is 1. The Morgan fingerprint density at radius 3 is 3.14 bits per heavy atom. The van der Waals surface area contributed by atoms with Crippen LogP contribution < -0.4 is 5.32 Å². The summed E-state index contributed by atoms with van der Waals surface area (Å²) in [4.78, 5) is 0. The van der Waals surface area contributed by atoms with Gasteiger partial charge in [-0.25, -0.2) is 0 Å². The molecule has 1 fully saturated rings. The zero-order valence-electron chi connectivity index (χ0n) is 9.03. The van der Waals surface area contributed by atoms with Crippen LogP contribution in [0.2, 0.25) is 0 Å². The van der Waals surface area contributed by atoms with Gasteiger partial charge in [-0.3, -0.25) is 4.68 Å². The molecule has 0 bridgehead atoms. The smallest absolute Gasteiger partial charge is 0.0553 e. The normalized spacial score (nSPS) is 27.9. The SMILES string of the molecule is CCn1nccc1C1CCCC(C)N1. The Morgan fingerprint density at radius 2 is 2.43 bits per heavy atom. The third kappa shape index (κ3) is 1.82. The van der Waals surface area contributed by atoms with Gasteiger partial charge >= 0.3 is 0 Å². The quantitative estimate of drug-likeness (QED) is 0.779. The maximum atomic E-state index is 4.31. The van der Waals surface area contributed by atoms with Crippen LogP contribution in [0, 0.1) is 0 Å². The first-order chi connectivity index (χ1) is 6.81. The van der Waals surface area contributed by atoms with E-state index in [9.17, 15) is 0 Å². The number of nitrogens with zero attached hydrogens (tertiary/aromatic N) is 2. The van der Waals surface area contributed by atoms with Gasteiger partial charge in [0.15, 0.2) is 0 Å². The molecule has 0 aromatic carbocycles. The van der Waals surface area contributed by atoms with Gasteiger partial charge in [-0.05, 0) is 39.2 Å². The minimum Gasteiger partial charge on any atom is -0.306 e. The van der Waals surface area contributed by atoms with Crippen molar-refractivity contribution in [3.8, 4) is 0 Å². The van der Waals surface area contributed by atoms with Crippen LogP contribution in [0.25, 0.3) is 0 Å². The highest BCUT2D eigenvalue weighted by molar-refractivity contribution is 5.08. The van der Waals surface area contributed by atoms with Crippen LogP contribution in [0.5, 0.6) is 0 Å². The van der Waals surface area contributed by atoms with Gasteiger partial charge < -0.3 is 5.32 Å². The fourth-order valence-corrected chi connectivity index (χ4v) is 2.27. The lowest BCUT2D eigenvalue weighted by molar-refractivity contribution is 0.326. The fourth-order valence-electron chi connectivity index (χ4n) is 2.27. The molecule has 2 heterocycles. The van der Waals surface area contributed by atoms with Crippen LogP contribution in [0.4, 0.5) is 0 Å². The molecule has 2 rings (SSSR count). The molecule has 3 heteroatoms. The van der Waals surface area contributed by atoms with Gasteiger partial charge in [0.2, 0.25) is 0 Å². The summed E-state index contributed by atoms with van der Waals surface area (Å²) < 4.78 is 2.09. The standard InChI is InChI=1S/C11H19N3/c1-3-14-11(7-8-12-14)10-6-4-5-9(2)13-10/h7-10,13H,3-6H2,1-2H3. The first kappa shape index (κ1) is 9.71. The maximum Gasteiger partial charge on any atom is 0.0553 e. The van der Waals surface area contributed by atoms with Crippen molar-refractivity contribution in [3.63, 3.8) is 0 Å². The number of rotatable bonds is 2. The van der Waals surface area contributed by atoms with Gasteiger partial charge in [0.05, 0.1) is 5.69 Å². The molecule has 14 heavy (non-hydrogen) atoms. The van der Waals surface area contributed by atoms with Crippen LogP contribution >= 0.6 is 0 Å². The Bertz CT molecular complexity index is 292. The van der Waals surface area contributed by atoms with E-state index >= 15 is 0 Å². The summed E-state index contributed by atoms with van der Waals surface area (Å²) in [6.45, 7) is 5.37. The summed E-state index contributed by atoms with van der Waals surface area (Å²) in [6.07, 6.45) is 5.78. The number of hydrogen-bond acceptors (Lipinski definition) is 2. The summed E-state index contributed by atoms with van der Waals surface area (Å²) in [5.74, 6) is 0. The topological polar surface area (TPSA) is 29.9 Å². The second-order valence-corrected chi connectivity index (χ2v) is 4.12. The molecule has 1 aliphatic rings. The molecule has 0 spiro atoms. The monoisotopic (exact) mass is 193 g/mol. The highest BCUT2D eigenvalue weighted by atomic mass is 15.3. The second-order valence-electron chi connectivity index (χ2n) is 4.12. The third-order valence-corrected chi connectivity index (χ3v) is 3.02. The van der Waals surface area contributed by atoms with E-state index in [-0.39, 0.29) is 0 Å². The lowest BCUT2D eigenvalue weighted by Gasteiger charge is -2.29. The van der Waals surface area contributed by atoms with Crippen molar-refractivity contribution in [2.24, 2.45) is 0 Å². The summed E-state index contributed by atoms with van der Waals surface area (Å²) in [5, 5.41) is 7.94. The summed E-state index contributed by atoms with van der Waals surface area (Å²) in [6, 6.07) is 3.30. The molecule has 2 unspecified atom stereocenters. The Hall–Kier alpha value is -0.830. The van der Waals surface area contributed by atoms with E-state index < -0.39 is 0 Å². The van der Waals surface area contributed by atoms with Crippen molar-refractivity contribution in [2.45, 2.75) is 51.7 Å². The summed E-state index contributed by atoms with van der Waals surface area (Å²) >= 11 is 0. The van der Waals surface area contributed by atoms with Gasteiger partial charge in [0.25, 0.3) is 0 Å². The summed E-state index contributed by atoms with van der Waals surface area (Å²) in [7, 11) is 0. The number of aromatic nitrogens is 2. The minimum atomic E-state index is 0.515. The van der Waals surface area contributed by atoms with E-state index in [1.807, 2.05) is 6.20 Å². The van der Waals surface area contributed by atoms with Crippen LogP contribution in [0.1, 0.15) is 44.8 Å². The van der Waals surface area contributed by atoms with Gasteiger partial charge in [0, 0.05) is 24.8 Å². The van der Waals surface area contributed by atoms with Crippen molar-refractivity contribution in [1.29, 1.82) is 0 Å². The highest BCUT2D eigenvalue weighted by Crippen LogP contribution is 2.24. The van der Waals surface area contributed by atoms with Crippen molar-refractivity contribution in [3.05, 3.63) is 18.0 Å². The zero-order chi connectivity index (χ0) is 9.97. The Morgan fingerprint density at radius 1 is 1.57 bits per heavy atom. The van der Waals surface area contributed by atoms with E-state index in [1.54, 1.807) is 0 Å². The molecule has 0 amide bonds. The zero-order valence-corrected chi connectivity index (χ0v) is 9.03. The third-order valence-electron chi connectivity index (χ3n) is 3.02. The molecule has 1 aromatic rings. The Kier molecular flexibility index (Phi) is 2.87. The molecule has 1 N–H and O–H groups in total. The minimum absolute atomic E-state index is 0.515. The van der Waals surface area contributed by atoms with Gasteiger partial charge in [0.1, 0.15) is 0 Å². The van der Waals surface area contributed by atoms with Crippen molar-refractivity contribution < 1.29 is 0 Å². The van der Waals surface area contributed by atoms with Crippen LogP contribution in [0.15, 0.2) is 12.3 Å². The van der Waals surface area contributed by atoms with E-state index in [0.29, 0.717) is 12.1 Å². The molecule has 1 aliphatic heterocycles. The van der Waals surface area contributed by atoms with Crippen LogP contribution in [0.3, 0.4) is 0 Å². The lowest BCUT2D eigenvalue weighted by atomic mass is 9.97. The average Bonchev–Trinajstić information content (AvgIpc) is 2.65. The molecular formula is C11H19N3. The molecule has 3 nitrogen and oxygen atoms in total. The highest BCUT2D eigenvalue weighted by Gasteiger charge is 2.21. The van der Waals surface area contributed by atoms with E-state index in [1.165, 1.54) is 25.0 Å². The predicted octanol–water partition coefficient (Wildman–Crippen LogP) is 2.11. The van der Waals surface area contributed by atoms with Gasteiger partial charge in [-0.2, -0.15) is 5.10 Å². The first-order valence-electron chi connectivity index (χ1n) is 5.59. The molecule has 1 saturated heterocycles. The predicted molar refractivity (Wildman–Crippen MR) is 57.1 cm³/mol. The van der Waals surface area contributed by atoms with Crippen LogP contribution in [-0.2, 0) is 6.54 Å². The molecular weight excluding hydrogens is 174 g/mol. The van der Waals surface area contributed by atoms with Crippen molar-refractivity contribution in [1.82, 2.24) is 15.1 Å². The van der Waals surface area contributed by atoms with E-state index in [4.69, 9.17) is 0 Å². The Labute approximate surface area is 85.5 Å². The average molecular weight is 193 g/mol. The molecule has 1 aromatic heterocycles. The molecule has 0 radical (unpaired) electrons. The van der Waals surface area contributed by atoms with Gasteiger partial charge in [-0.1, -0.05) is 0 Å². The molecule has 78 valence electrons. The van der Waals surface area contributed by atoms with E-state index in [2.05, 4.69) is 35.0 Å². The number of hydrogen-bond donors (Lipinski definition) is 1. The lowest BCUT2D eigenvalue weighted by Crippen LogP contribution is -2.35. The number of aryl methyl sites for hydroxylation is 1. The molecule has 0 saturated carbocycles. The van der Waals surface area contributed by atoms with Crippen LogP contribution in [-0.4, -0.2) is 15.8 Å². The number of nitrogens with one attached hydrogen (secondary N) is 1. The van der Waals surface area contributed by atoms with Crippen molar-refractivity contribution >= 4 is 0 Å². The molecule has 0 aliphatic carbocycles. The van der Waals surface area contributed by atoms with Crippen molar-refractivity contribution in [2.75, 3.05) is 0 Å². The molecule has 2 atom stereocenters. The second kappa shape index (κ2) is 4.13. The summed E-state index contributed by atoms with van der Waals surface area (Å²) in [5.41, 5.74) is 1.35. The fraction of sp³-hybridized carbons (Fsp3) is 0.727. The largest absolute Gasteiger partial charge is 0.306 e.